The molecular weight excluding hydrogens is 801 g/mol. The van der Waals surface area contributed by atoms with Crippen LogP contribution in [0.4, 0.5) is 17.1 Å². The highest BCUT2D eigenvalue weighted by molar-refractivity contribution is 6.13. The minimum Gasteiger partial charge on any atom is -0.455 e. The molecule has 0 saturated carbocycles. The van der Waals surface area contributed by atoms with Gasteiger partial charge in [-0.1, -0.05) is 184 Å². The summed E-state index contributed by atoms with van der Waals surface area (Å²) in [6, 6.07) is 83.9. The molecule has 0 saturated heterocycles. The monoisotopic (exact) mass is 844 g/mol. The molecule has 13 rings (SSSR count). The Balaban J connectivity index is 1.07. The van der Waals surface area contributed by atoms with Crippen LogP contribution < -0.4 is 4.90 Å². The molecule has 10 aromatic carbocycles. The van der Waals surface area contributed by atoms with Gasteiger partial charge in [-0.3, -0.25) is 0 Å². The predicted octanol–water partition coefficient (Wildman–Crippen LogP) is 17.5. The smallest absolute Gasteiger partial charge is 0.143 e. The molecule has 3 heteroatoms. The van der Waals surface area contributed by atoms with E-state index in [4.69, 9.17) is 4.42 Å². The van der Waals surface area contributed by atoms with Gasteiger partial charge in [0.2, 0.25) is 0 Å². The average Bonchev–Trinajstić information content (AvgIpc) is 4.00. The van der Waals surface area contributed by atoms with E-state index >= 15 is 0 Å². The molecule has 0 spiro atoms. The molecule has 2 heterocycles. The van der Waals surface area contributed by atoms with E-state index in [1.807, 2.05) is 0 Å². The molecule has 312 valence electrons. The first-order chi connectivity index (χ1) is 32.5. The molecule has 12 aromatic rings. The van der Waals surface area contributed by atoms with Crippen molar-refractivity contribution in [2.24, 2.45) is 0 Å². The Morgan fingerprint density at radius 3 is 1.68 bits per heavy atom. The van der Waals surface area contributed by atoms with E-state index in [2.05, 4.69) is 254 Å². The zero-order valence-corrected chi connectivity index (χ0v) is 36.7. The molecule has 0 fully saturated rings. The van der Waals surface area contributed by atoms with Crippen LogP contribution in [0.15, 0.2) is 235 Å². The first-order valence-electron chi connectivity index (χ1n) is 22.8. The topological polar surface area (TPSA) is 21.3 Å². The molecule has 0 radical (unpaired) electrons. The Labute approximate surface area is 384 Å². The summed E-state index contributed by atoms with van der Waals surface area (Å²) in [5, 5.41) is 4.63. The van der Waals surface area contributed by atoms with Crippen LogP contribution in [-0.4, -0.2) is 4.57 Å². The number of furan rings is 1. The Morgan fingerprint density at radius 1 is 0.379 bits per heavy atom. The average molecular weight is 845 g/mol. The molecule has 0 amide bonds. The van der Waals surface area contributed by atoms with Crippen LogP contribution in [0.5, 0.6) is 0 Å². The number of anilines is 3. The van der Waals surface area contributed by atoms with Gasteiger partial charge in [-0.2, -0.15) is 0 Å². The first-order valence-corrected chi connectivity index (χ1v) is 22.8. The summed E-state index contributed by atoms with van der Waals surface area (Å²) in [4.78, 5) is 2.48. The van der Waals surface area contributed by atoms with Crippen LogP contribution in [0, 0.1) is 0 Å². The lowest BCUT2D eigenvalue weighted by atomic mass is 9.81. The molecule has 0 N–H and O–H groups in total. The first kappa shape index (κ1) is 38.1. The summed E-state index contributed by atoms with van der Waals surface area (Å²) in [6.07, 6.45) is 0. The summed E-state index contributed by atoms with van der Waals surface area (Å²) in [5.74, 6) is 0. The van der Waals surface area contributed by atoms with Crippen molar-refractivity contribution < 1.29 is 4.42 Å². The number of nitrogens with zero attached hydrogens (tertiary/aromatic N) is 2. The van der Waals surface area contributed by atoms with Gasteiger partial charge in [0, 0.05) is 55.0 Å². The Kier molecular flexibility index (Phi) is 8.56. The molecule has 0 bridgehead atoms. The molecule has 3 nitrogen and oxygen atoms in total. The van der Waals surface area contributed by atoms with Crippen molar-refractivity contribution in [2.75, 3.05) is 4.90 Å². The van der Waals surface area contributed by atoms with Crippen LogP contribution in [-0.2, 0) is 5.41 Å². The van der Waals surface area contributed by atoms with Crippen LogP contribution in [0.3, 0.4) is 0 Å². The second-order valence-corrected chi connectivity index (χ2v) is 18.1. The van der Waals surface area contributed by atoms with E-state index in [1.165, 1.54) is 49.6 Å². The normalized spacial score (nSPS) is 12.8. The number of benzene rings is 10. The summed E-state index contributed by atoms with van der Waals surface area (Å²) >= 11 is 0. The second-order valence-electron chi connectivity index (χ2n) is 18.1. The van der Waals surface area contributed by atoms with E-state index in [0.717, 1.165) is 72.5 Å². The van der Waals surface area contributed by atoms with E-state index in [0.29, 0.717) is 0 Å². The lowest BCUT2D eigenvalue weighted by Crippen LogP contribution is -2.15. The number of hydrogen-bond donors (Lipinski definition) is 0. The maximum Gasteiger partial charge on any atom is 0.143 e. The van der Waals surface area contributed by atoms with Gasteiger partial charge in [0.25, 0.3) is 0 Å². The summed E-state index contributed by atoms with van der Waals surface area (Å²) in [5.41, 5.74) is 20.4. The lowest BCUT2D eigenvalue weighted by Gasteiger charge is -2.30. The van der Waals surface area contributed by atoms with Gasteiger partial charge in [0.15, 0.2) is 0 Å². The standard InChI is InChI=1S/C63H44N2O/c1-63(2)55-29-12-6-25-48(55)49-36-35-43(38-56(49)63)47-24-8-14-31-58(47)65(57-30-13-7-23-46(57)41-19-4-3-5-20-41)45-39-53(62-54(40-45)52-28-11-17-34-61(52)66-62)42-21-18-22-44(37-42)64-59-32-15-9-26-50(59)51-27-10-16-33-60(51)64/h3-40H,1-2H3. The molecule has 0 unspecified atom stereocenters. The quantitative estimate of drug-likeness (QED) is 0.159. The Hall–Kier alpha value is -8.40. The van der Waals surface area contributed by atoms with Crippen molar-refractivity contribution >= 4 is 60.8 Å². The fourth-order valence-corrected chi connectivity index (χ4v) is 10.9. The van der Waals surface area contributed by atoms with Crippen molar-refractivity contribution in [2.45, 2.75) is 19.3 Å². The number of fused-ring (bicyclic) bond motifs is 9. The third-order valence-corrected chi connectivity index (χ3v) is 14.0. The van der Waals surface area contributed by atoms with E-state index in [-0.39, 0.29) is 5.41 Å². The maximum absolute atomic E-state index is 6.90. The number of aromatic nitrogens is 1. The largest absolute Gasteiger partial charge is 0.455 e. The van der Waals surface area contributed by atoms with Crippen molar-refractivity contribution in [1.29, 1.82) is 0 Å². The lowest BCUT2D eigenvalue weighted by molar-refractivity contribution is 0.660. The SMILES string of the molecule is CC1(C)c2ccccc2-c2ccc(-c3ccccc3N(c3cc(-c4cccc(-n5c6ccccc6c6ccccc65)c4)c4oc5ccccc5c4c3)c3ccccc3-c3ccccc3)cc21. The van der Waals surface area contributed by atoms with Gasteiger partial charge in [-0.05, 0) is 99.6 Å². The van der Waals surface area contributed by atoms with E-state index < -0.39 is 0 Å². The Bertz CT molecular complexity index is 3820. The maximum atomic E-state index is 6.90. The zero-order chi connectivity index (χ0) is 43.9. The van der Waals surface area contributed by atoms with Crippen LogP contribution in [0.2, 0.25) is 0 Å². The van der Waals surface area contributed by atoms with Gasteiger partial charge >= 0.3 is 0 Å². The number of rotatable bonds is 7. The van der Waals surface area contributed by atoms with Gasteiger partial charge in [0.1, 0.15) is 11.2 Å². The molecular formula is C63H44N2O. The summed E-state index contributed by atoms with van der Waals surface area (Å²) in [7, 11) is 0. The Morgan fingerprint density at radius 2 is 0.939 bits per heavy atom. The molecule has 2 aromatic heterocycles. The van der Waals surface area contributed by atoms with Crippen molar-refractivity contribution in [1.82, 2.24) is 4.57 Å². The third-order valence-electron chi connectivity index (χ3n) is 14.0. The van der Waals surface area contributed by atoms with Gasteiger partial charge in [-0.25, -0.2) is 0 Å². The minimum absolute atomic E-state index is 0.132. The minimum atomic E-state index is -0.132. The van der Waals surface area contributed by atoms with Crippen LogP contribution >= 0.6 is 0 Å². The second kappa shape index (κ2) is 14.8. The highest BCUT2D eigenvalue weighted by Gasteiger charge is 2.35. The molecule has 0 aliphatic heterocycles. The van der Waals surface area contributed by atoms with Gasteiger partial charge in [0.05, 0.1) is 22.4 Å². The molecule has 0 atom stereocenters. The van der Waals surface area contributed by atoms with E-state index in [1.54, 1.807) is 0 Å². The van der Waals surface area contributed by atoms with E-state index in [9.17, 15) is 0 Å². The summed E-state index contributed by atoms with van der Waals surface area (Å²) in [6.45, 7) is 4.72. The molecule has 1 aliphatic carbocycles. The fraction of sp³-hybridized carbons (Fsp3) is 0.0476. The zero-order valence-electron chi connectivity index (χ0n) is 36.7. The number of para-hydroxylation sites is 5. The van der Waals surface area contributed by atoms with Crippen LogP contribution in [0.25, 0.3) is 93.9 Å². The van der Waals surface area contributed by atoms with Crippen molar-refractivity contribution in [3.05, 3.63) is 242 Å². The third kappa shape index (κ3) is 5.83. The fourth-order valence-electron chi connectivity index (χ4n) is 10.9. The predicted molar refractivity (Wildman–Crippen MR) is 277 cm³/mol. The number of hydrogen-bond acceptors (Lipinski definition) is 2. The van der Waals surface area contributed by atoms with Gasteiger partial charge < -0.3 is 13.9 Å². The van der Waals surface area contributed by atoms with Crippen molar-refractivity contribution in [3.8, 4) is 50.2 Å². The van der Waals surface area contributed by atoms with Crippen LogP contribution in [0.1, 0.15) is 25.0 Å². The van der Waals surface area contributed by atoms with Gasteiger partial charge in [-0.15, -0.1) is 0 Å². The molecule has 1 aliphatic rings. The molecule has 66 heavy (non-hydrogen) atoms. The summed E-state index contributed by atoms with van der Waals surface area (Å²) < 4.78 is 9.30. The van der Waals surface area contributed by atoms with Crippen molar-refractivity contribution in [3.63, 3.8) is 0 Å². The highest BCUT2D eigenvalue weighted by Crippen LogP contribution is 2.52. The highest BCUT2D eigenvalue weighted by atomic mass is 16.3.